The smallest absolute Gasteiger partial charge is 0.187 e. The van der Waals surface area contributed by atoms with Crippen LogP contribution in [0.1, 0.15) is 0 Å². The number of furan rings is 1. The van der Waals surface area contributed by atoms with Gasteiger partial charge in [0.05, 0.1) is 17.6 Å². The Kier molecular flexibility index (Phi) is 9.18. The fraction of sp³-hybridized carbons (Fsp3) is 0. The number of aromatic nitrogens is 1. The minimum absolute atomic E-state index is 0.634. The van der Waals surface area contributed by atoms with Crippen LogP contribution in [0.25, 0.3) is 98.8 Å². The van der Waals surface area contributed by atoms with Gasteiger partial charge in [-0.15, -0.1) is 0 Å². The van der Waals surface area contributed by atoms with Gasteiger partial charge in [0.25, 0.3) is 0 Å². The highest BCUT2D eigenvalue weighted by Gasteiger charge is 2.18. The van der Waals surface area contributed by atoms with Crippen molar-refractivity contribution < 1.29 is 4.42 Å². The maximum atomic E-state index is 7.43. The molecule has 12 aromatic rings. The molecule has 12 rings (SSSR count). The molecule has 4 nitrogen and oxygen atoms in total. The van der Waals surface area contributed by atoms with Crippen LogP contribution in [-0.2, 0) is 0 Å². The number of fused-ring (bicyclic) bond motifs is 6. The number of rotatable bonds is 8. The molecule has 0 spiro atoms. The van der Waals surface area contributed by atoms with Gasteiger partial charge in [-0.05, 0) is 118 Å². The summed E-state index contributed by atoms with van der Waals surface area (Å²) >= 11 is 0. The molecular formula is C61H39N3O. The molecule has 2 aromatic heterocycles. The standard InChI is InChI=1S/C61H39N3O/c1-62-48-28-36-52(37-29-48)64-58-19-7-5-15-54(58)57-40-47(27-38-59(57)64)43-23-32-50(33-24-43)63(49-30-21-42(22-31-49)46-14-9-13-45(39-46)41-11-3-2-4-12-41)51-34-25-44(26-35-51)53-17-10-18-56-55-16-6-8-20-60(55)65-61(53)56/h2-40H. The Bertz CT molecular complexity index is 3740. The van der Waals surface area contributed by atoms with Gasteiger partial charge >= 0.3 is 0 Å². The van der Waals surface area contributed by atoms with Crippen molar-refractivity contribution in [3.05, 3.63) is 248 Å². The third kappa shape index (κ3) is 6.71. The van der Waals surface area contributed by atoms with Gasteiger partial charge in [-0.3, -0.25) is 0 Å². The topological polar surface area (TPSA) is 25.7 Å². The van der Waals surface area contributed by atoms with E-state index in [9.17, 15) is 0 Å². The summed E-state index contributed by atoms with van der Waals surface area (Å²) in [5.74, 6) is 0. The third-order valence-corrected chi connectivity index (χ3v) is 12.6. The van der Waals surface area contributed by atoms with Crippen LogP contribution in [0, 0.1) is 6.57 Å². The molecular weight excluding hydrogens is 791 g/mol. The van der Waals surface area contributed by atoms with Gasteiger partial charge in [0.1, 0.15) is 11.2 Å². The SMILES string of the molecule is [C-]#[N+]c1ccc(-n2c3ccccc3c3cc(-c4ccc(N(c5ccc(-c6cccc(-c7ccccc7)c6)cc5)c5ccc(-c6cccc7c6oc6ccccc67)cc5)cc4)ccc32)cc1. The Morgan fingerprint density at radius 2 is 0.877 bits per heavy atom. The van der Waals surface area contributed by atoms with E-state index in [2.05, 4.69) is 215 Å². The fourth-order valence-corrected chi connectivity index (χ4v) is 9.43. The van der Waals surface area contributed by atoms with E-state index in [4.69, 9.17) is 11.0 Å². The number of benzene rings is 10. The number of hydrogen-bond acceptors (Lipinski definition) is 2. The number of anilines is 3. The van der Waals surface area contributed by atoms with Crippen molar-refractivity contribution in [2.45, 2.75) is 0 Å². The molecule has 2 heterocycles. The van der Waals surface area contributed by atoms with Crippen molar-refractivity contribution in [3.63, 3.8) is 0 Å². The average molecular weight is 830 g/mol. The first-order chi connectivity index (χ1) is 32.2. The first-order valence-electron chi connectivity index (χ1n) is 21.9. The molecule has 0 amide bonds. The zero-order chi connectivity index (χ0) is 43.3. The van der Waals surface area contributed by atoms with Crippen LogP contribution in [0.15, 0.2) is 241 Å². The zero-order valence-corrected chi connectivity index (χ0v) is 35.3. The molecule has 0 aliphatic rings. The second-order valence-electron chi connectivity index (χ2n) is 16.4. The Balaban J connectivity index is 0.922. The molecule has 0 aliphatic heterocycles. The van der Waals surface area contributed by atoms with Gasteiger partial charge in [0.2, 0.25) is 0 Å². The van der Waals surface area contributed by atoms with Crippen LogP contribution >= 0.6 is 0 Å². The predicted octanol–water partition coefficient (Wildman–Crippen LogP) is 17.4. The fourth-order valence-electron chi connectivity index (χ4n) is 9.43. The van der Waals surface area contributed by atoms with E-state index in [0.29, 0.717) is 5.69 Å². The van der Waals surface area contributed by atoms with Crippen molar-refractivity contribution in [2.24, 2.45) is 0 Å². The molecule has 0 saturated carbocycles. The summed E-state index contributed by atoms with van der Waals surface area (Å²) in [5.41, 5.74) is 18.1. The first-order valence-corrected chi connectivity index (χ1v) is 21.9. The van der Waals surface area contributed by atoms with E-state index < -0.39 is 0 Å². The lowest BCUT2D eigenvalue weighted by molar-refractivity contribution is 0.670. The molecule has 0 fully saturated rings. The lowest BCUT2D eigenvalue weighted by atomic mass is 9.98. The molecule has 0 bridgehead atoms. The van der Waals surface area contributed by atoms with Gasteiger partial charge in [0, 0.05) is 49.9 Å². The number of para-hydroxylation sites is 3. The maximum Gasteiger partial charge on any atom is 0.187 e. The first kappa shape index (κ1) is 37.8. The summed E-state index contributed by atoms with van der Waals surface area (Å²) in [6, 6.07) is 83.7. The maximum absolute atomic E-state index is 7.43. The van der Waals surface area contributed by atoms with Crippen LogP contribution in [-0.4, -0.2) is 4.57 Å². The molecule has 0 saturated heterocycles. The second-order valence-corrected chi connectivity index (χ2v) is 16.4. The van der Waals surface area contributed by atoms with E-state index in [0.717, 1.165) is 83.5 Å². The summed E-state index contributed by atoms with van der Waals surface area (Å²) in [6.07, 6.45) is 0. The Morgan fingerprint density at radius 3 is 1.55 bits per heavy atom. The molecule has 65 heavy (non-hydrogen) atoms. The minimum Gasteiger partial charge on any atom is -0.455 e. The van der Waals surface area contributed by atoms with Crippen molar-refractivity contribution in [2.75, 3.05) is 4.90 Å². The molecule has 0 aliphatic carbocycles. The van der Waals surface area contributed by atoms with E-state index >= 15 is 0 Å². The third-order valence-electron chi connectivity index (χ3n) is 12.6. The van der Waals surface area contributed by atoms with Gasteiger partial charge in [-0.2, -0.15) is 0 Å². The lowest BCUT2D eigenvalue weighted by Crippen LogP contribution is -2.09. The highest BCUT2D eigenvalue weighted by atomic mass is 16.3. The largest absolute Gasteiger partial charge is 0.455 e. The minimum atomic E-state index is 0.634. The summed E-state index contributed by atoms with van der Waals surface area (Å²) in [4.78, 5) is 5.93. The van der Waals surface area contributed by atoms with Crippen LogP contribution in [0.4, 0.5) is 22.7 Å². The quantitative estimate of drug-likeness (QED) is 0.143. The van der Waals surface area contributed by atoms with E-state index in [1.54, 1.807) is 0 Å². The van der Waals surface area contributed by atoms with Crippen molar-refractivity contribution in [1.82, 2.24) is 4.57 Å². The highest BCUT2D eigenvalue weighted by molar-refractivity contribution is 6.11. The molecule has 0 atom stereocenters. The summed E-state index contributed by atoms with van der Waals surface area (Å²) < 4.78 is 8.72. The van der Waals surface area contributed by atoms with Gasteiger partial charge in [-0.25, -0.2) is 4.85 Å². The molecule has 10 aromatic carbocycles. The number of hydrogen-bond donors (Lipinski definition) is 0. The molecule has 0 N–H and O–H groups in total. The Morgan fingerprint density at radius 1 is 0.369 bits per heavy atom. The van der Waals surface area contributed by atoms with Gasteiger partial charge < -0.3 is 13.9 Å². The molecule has 0 radical (unpaired) electrons. The van der Waals surface area contributed by atoms with E-state index in [1.165, 1.54) is 27.5 Å². The Hall–Kier alpha value is -8.91. The van der Waals surface area contributed by atoms with Crippen molar-refractivity contribution >= 4 is 66.5 Å². The van der Waals surface area contributed by atoms with Crippen molar-refractivity contribution in [1.29, 1.82) is 0 Å². The summed E-state index contributed by atoms with van der Waals surface area (Å²) in [5, 5.41) is 4.62. The highest BCUT2D eigenvalue weighted by Crippen LogP contribution is 2.41. The monoisotopic (exact) mass is 829 g/mol. The van der Waals surface area contributed by atoms with Crippen LogP contribution in [0.3, 0.4) is 0 Å². The molecule has 0 unspecified atom stereocenters. The zero-order valence-electron chi connectivity index (χ0n) is 35.3. The van der Waals surface area contributed by atoms with Crippen LogP contribution < -0.4 is 4.90 Å². The summed E-state index contributed by atoms with van der Waals surface area (Å²) in [6.45, 7) is 7.43. The second kappa shape index (κ2) is 15.8. The predicted molar refractivity (Wildman–Crippen MR) is 271 cm³/mol. The van der Waals surface area contributed by atoms with Gasteiger partial charge in [0.15, 0.2) is 5.69 Å². The van der Waals surface area contributed by atoms with Crippen LogP contribution in [0.2, 0.25) is 0 Å². The van der Waals surface area contributed by atoms with Gasteiger partial charge in [-0.1, -0.05) is 158 Å². The lowest BCUT2D eigenvalue weighted by Gasteiger charge is -2.26. The van der Waals surface area contributed by atoms with Crippen molar-refractivity contribution in [3.8, 4) is 50.2 Å². The van der Waals surface area contributed by atoms with E-state index in [-0.39, 0.29) is 0 Å². The molecule has 4 heteroatoms. The number of nitrogens with zero attached hydrogens (tertiary/aromatic N) is 3. The molecule has 304 valence electrons. The van der Waals surface area contributed by atoms with E-state index in [1.807, 2.05) is 36.4 Å². The normalized spacial score (nSPS) is 11.4. The Labute approximate surface area is 376 Å². The summed E-state index contributed by atoms with van der Waals surface area (Å²) in [7, 11) is 0. The average Bonchev–Trinajstić information content (AvgIpc) is 3.93. The van der Waals surface area contributed by atoms with Crippen LogP contribution in [0.5, 0.6) is 0 Å².